The van der Waals surface area contributed by atoms with Crippen molar-refractivity contribution < 1.29 is 9.47 Å². The second-order valence-corrected chi connectivity index (χ2v) is 6.94. The van der Waals surface area contributed by atoms with Gasteiger partial charge in [0, 0.05) is 39.0 Å². The number of hydrogen-bond donors (Lipinski definition) is 2. The van der Waals surface area contributed by atoms with Crippen molar-refractivity contribution in [2.24, 2.45) is 12.0 Å². The maximum absolute atomic E-state index is 5.41. The van der Waals surface area contributed by atoms with E-state index >= 15 is 0 Å². The first-order valence-corrected chi connectivity index (χ1v) is 10.3. The number of aromatic nitrogens is 2. The van der Waals surface area contributed by atoms with Crippen molar-refractivity contribution in [1.82, 2.24) is 20.4 Å². The highest BCUT2D eigenvalue weighted by atomic mass is 16.5. The standard InChI is InChI=1S/C22H35N5O2/c1-6-29-15-7-13-23-22(25-16-19-8-10-20(28-5)11-9-19)24-14-12-21-17(2)26-27(4)18(21)3/h8-11H,6-7,12-16H2,1-5H3,(H2,23,24,25). The van der Waals surface area contributed by atoms with Crippen LogP contribution in [0.4, 0.5) is 0 Å². The van der Waals surface area contributed by atoms with Crippen LogP contribution in [0, 0.1) is 13.8 Å². The lowest BCUT2D eigenvalue weighted by atomic mass is 10.1. The number of nitrogens with one attached hydrogen (secondary N) is 2. The topological polar surface area (TPSA) is 72.7 Å². The molecule has 0 saturated carbocycles. The molecule has 0 aliphatic heterocycles. The molecule has 0 saturated heterocycles. The first-order chi connectivity index (χ1) is 14.0. The van der Waals surface area contributed by atoms with Gasteiger partial charge < -0.3 is 20.1 Å². The summed E-state index contributed by atoms with van der Waals surface area (Å²) in [5, 5.41) is 11.4. The van der Waals surface area contributed by atoms with Gasteiger partial charge in [-0.3, -0.25) is 4.68 Å². The first kappa shape index (κ1) is 22.7. The minimum absolute atomic E-state index is 0.607. The van der Waals surface area contributed by atoms with Crippen LogP contribution in [0.1, 0.15) is 35.9 Å². The van der Waals surface area contributed by atoms with E-state index in [1.807, 2.05) is 42.9 Å². The second-order valence-electron chi connectivity index (χ2n) is 6.94. The Bertz CT molecular complexity index is 768. The number of aryl methyl sites for hydroxylation is 2. The Labute approximate surface area is 174 Å². The summed E-state index contributed by atoms with van der Waals surface area (Å²) in [4.78, 5) is 4.74. The number of hydrogen-bond acceptors (Lipinski definition) is 4. The van der Waals surface area contributed by atoms with Crippen LogP contribution in [0.25, 0.3) is 0 Å². The Morgan fingerprint density at radius 1 is 1.14 bits per heavy atom. The van der Waals surface area contributed by atoms with Gasteiger partial charge in [-0.25, -0.2) is 4.99 Å². The van der Waals surface area contributed by atoms with E-state index in [9.17, 15) is 0 Å². The van der Waals surface area contributed by atoms with Gasteiger partial charge in [0.2, 0.25) is 0 Å². The molecular formula is C22H35N5O2. The van der Waals surface area contributed by atoms with E-state index in [1.165, 1.54) is 11.3 Å². The molecule has 0 amide bonds. The Hall–Kier alpha value is -2.54. The first-order valence-electron chi connectivity index (χ1n) is 10.3. The van der Waals surface area contributed by atoms with Crippen LogP contribution in [0.2, 0.25) is 0 Å². The summed E-state index contributed by atoms with van der Waals surface area (Å²) >= 11 is 0. The SMILES string of the molecule is CCOCCCNC(=NCc1ccc(OC)cc1)NCCc1c(C)nn(C)c1C. The monoisotopic (exact) mass is 401 g/mol. The summed E-state index contributed by atoms with van der Waals surface area (Å²) in [5.74, 6) is 1.67. The number of ether oxygens (including phenoxy) is 2. The molecule has 2 rings (SSSR count). The van der Waals surface area contributed by atoms with E-state index in [1.54, 1.807) is 7.11 Å². The van der Waals surface area contributed by atoms with Gasteiger partial charge in [0.25, 0.3) is 0 Å². The fraction of sp³-hybridized carbons (Fsp3) is 0.545. The van der Waals surface area contributed by atoms with Crippen molar-refractivity contribution in [2.75, 3.05) is 33.4 Å². The molecule has 2 aromatic rings. The molecule has 0 radical (unpaired) electrons. The highest BCUT2D eigenvalue weighted by Gasteiger charge is 2.09. The van der Waals surface area contributed by atoms with Crippen molar-refractivity contribution in [3.8, 4) is 5.75 Å². The second kappa shape index (κ2) is 12.1. The van der Waals surface area contributed by atoms with Crippen LogP contribution in [0.15, 0.2) is 29.3 Å². The van der Waals surface area contributed by atoms with E-state index < -0.39 is 0 Å². The largest absolute Gasteiger partial charge is 0.497 e. The lowest BCUT2D eigenvalue weighted by molar-refractivity contribution is 0.145. The number of rotatable bonds is 11. The van der Waals surface area contributed by atoms with Gasteiger partial charge in [0.05, 0.1) is 19.3 Å². The zero-order valence-electron chi connectivity index (χ0n) is 18.4. The third-order valence-electron chi connectivity index (χ3n) is 4.87. The van der Waals surface area contributed by atoms with Crippen LogP contribution in [0.3, 0.4) is 0 Å². The van der Waals surface area contributed by atoms with Gasteiger partial charge in [0.1, 0.15) is 5.75 Å². The molecule has 0 fully saturated rings. The van der Waals surface area contributed by atoms with E-state index in [0.29, 0.717) is 6.54 Å². The highest BCUT2D eigenvalue weighted by Crippen LogP contribution is 2.13. The Kier molecular flexibility index (Phi) is 9.50. The van der Waals surface area contributed by atoms with Crippen LogP contribution in [-0.2, 0) is 24.8 Å². The minimum atomic E-state index is 0.607. The summed E-state index contributed by atoms with van der Waals surface area (Å²) < 4.78 is 12.6. The molecule has 0 atom stereocenters. The van der Waals surface area contributed by atoms with E-state index in [2.05, 4.69) is 29.6 Å². The fourth-order valence-electron chi connectivity index (χ4n) is 3.09. The molecule has 0 spiro atoms. The number of aliphatic imine (C=N–C) groups is 1. The molecule has 1 heterocycles. The molecule has 160 valence electrons. The molecule has 2 N–H and O–H groups in total. The molecule has 0 unspecified atom stereocenters. The molecular weight excluding hydrogens is 366 g/mol. The minimum Gasteiger partial charge on any atom is -0.497 e. The van der Waals surface area contributed by atoms with Gasteiger partial charge in [-0.1, -0.05) is 12.1 Å². The third-order valence-corrected chi connectivity index (χ3v) is 4.87. The molecule has 0 aliphatic carbocycles. The Morgan fingerprint density at radius 3 is 2.48 bits per heavy atom. The molecule has 0 bridgehead atoms. The maximum atomic E-state index is 5.41. The van der Waals surface area contributed by atoms with Crippen LogP contribution in [0.5, 0.6) is 5.75 Å². The molecule has 7 nitrogen and oxygen atoms in total. The van der Waals surface area contributed by atoms with Gasteiger partial charge in [0.15, 0.2) is 5.96 Å². The maximum Gasteiger partial charge on any atom is 0.191 e. The normalized spacial score (nSPS) is 11.6. The molecule has 7 heteroatoms. The zero-order chi connectivity index (χ0) is 21.1. The lowest BCUT2D eigenvalue weighted by Gasteiger charge is -2.13. The van der Waals surface area contributed by atoms with E-state index in [4.69, 9.17) is 14.5 Å². The van der Waals surface area contributed by atoms with Gasteiger partial charge in [-0.15, -0.1) is 0 Å². The van der Waals surface area contributed by atoms with Crippen LogP contribution >= 0.6 is 0 Å². The van der Waals surface area contributed by atoms with Crippen LogP contribution in [-0.4, -0.2) is 49.2 Å². The average Bonchev–Trinajstić information content (AvgIpc) is 2.97. The summed E-state index contributed by atoms with van der Waals surface area (Å²) in [6, 6.07) is 8.00. The summed E-state index contributed by atoms with van der Waals surface area (Å²) in [5.41, 5.74) is 4.74. The molecule has 1 aromatic carbocycles. The Morgan fingerprint density at radius 2 is 1.86 bits per heavy atom. The summed E-state index contributed by atoms with van der Waals surface area (Å²) in [6.07, 6.45) is 1.85. The van der Waals surface area contributed by atoms with Crippen molar-refractivity contribution in [1.29, 1.82) is 0 Å². The van der Waals surface area contributed by atoms with Crippen molar-refractivity contribution in [3.63, 3.8) is 0 Å². The summed E-state index contributed by atoms with van der Waals surface area (Å²) in [6.45, 7) is 9.92. The fourth-order valence-corrected chi connectivity index (χ4v) is 3.09. The number of methoxy groups -OCH3 is 1. The lowest BCUT2D eigenvalue weighted by Crippen LogP contribution is -2.39. The quantitative estimate of drug-likeness (QED) is 0.344. The van der Waals surface area contributed by atoms with E-state index in [-0.39, 0.29) is 0 Å². The summed E-state index contributed by atoms with van der Waals surface area (Å²) in [7, 11) is 3.66. The molecule has 29 heavy (non-hydrogen) atoms. The highest BCUT2D eigenvalue weighted by molar-refractivity contribution is 5.79. The predicted octanol–water partition coefficient (Wildman–Crippen LogP) is 2.75. The smallest absolute Gasteiger partial charge is 0.191 e. The third kappa shape index (κ3) is 7.42. The van der Waals surface area contributed by atoms with Crippen molar-refractivity contribution >= 4 is 5.96 Å². The van der Waals surface area contributed by atoms with Gasteiger partial charge >= 0.3 is 0 Å². The zero-order valence-corrected chi connectivity index (χ0v) is 18.4. The van der Waals surface area contributed by atoms with Gasteiger partial charge in [-0.2, -0.15) is 5.10 Å². The Balaban J connectivity index is 1.93. The molecule has 0 aliphatic rings. The number of nitrogens with zero attached hydrogens (tertiary/aromatic N) is 3. The van der Waals surface area contributed by atoms with Crippen LogP contribution < -0.4 is 15.4 Å². The number of guanidine groups is 1. The van der Waals surface area contributed by atoms with Crippen molar-refractivity contribution in [3.05, 3.63) is 46.8 Å². The predicted molar refractivity (Wildman–Crippen MR) is 118 cm³/mol. The average molecular weight is 402 g/mol. The molecule has 1 aromatic heterocycles. The van der Waals surface area contributed by atoms with Crippen molar-refractivity contribution in [2.45, 2.75) is 40.2 Å². The van der Waals surface area contributed by atoms with Gasteiger partial charge in [-0.05, 0) is 56.9 Å². The number of benzene rings is 1. The van der Waals surface area contributed by atoms with E-state index in [0.717, 1.165) is 62.1 Å².